The molecule has 1 aromatic rings. The number of hydrogen-bond acceptors (Lipinski definition) is 3. The first-order valence-corrected chi connectivity index (χ1v) is 3.63. The Labute approximate surface area is 70.2 Å². The van der Waals surface area contributed by atoms with E-state index >= 15 is 0 Å². The first-order chi connectivity index (χ1) is 5.97. The highest BCUT2D eigenvalue weighted by Crippen LogP contribution is 2.08. The van der Waals surface area contributed by atoms with Crippen LogP contribution in [0.2, 0.25) is 0 Å². The number of nitrogens with zero attached hydrogens (tertiary/aromatic N) is 3. The predicted molar refractivity (Wildman–Crippen MR) is 48.6 cm³/mol. The van der Waals surface area contributed by atoms with Gasteiger partial charge in [0.25, 0.3) is 0 Å². The summed E-state index contributed by atoms with van der Waals surface area (Å²) in [5, 5.41) is 0. The van der Waals surface area contributed by atoms with E-state index in [9.17, 15) is 0 Å². The number of hydrogen-bond donors (Lipinski definition) is 0. The molecule has 0 radical (unpaired) electrons. The maximum Gasteiger partial charge on any atom is 0.116 e. The van der Waals surface area contributed by atoms with Gasteiger partial charge in [-0.25, -0.2) is 9.97 Å². The van der Waals surface area contributed by atoms with E-state index in [-0.39, 0.29) is 0 Å². The van der Waals surface area contributed by atoms with Gasteiger partial charge >= 0.3 is 0 Å². The standard InChI is InChI=1S/C9H7N3/c1-2-8-6-11-7-12-9(8)3-5-10-4-1/h1-7H/b2-1-,4-1?,5-3-,8-2?,9-3?,10-4-,10-5?. The zero-order valence-electron chi connectivity index (χ0n) is 6.38. The van der Waals surface area contributed by atoms with Crippen LogP contribution in [0.15, 0.2) is 29.8 Å². The molecule has 0 unspecified atom stereocenters. The Kier molecular flexibility index (Phi) is 1.78. The van der Waals surface area contributed by atoms with Crippen LogP contribution < -0.4 is 0 Å². The largest absolute Gasteiger partial charge is 0.265 e. The summed E-state index contributed by atoms with van der Waals surface area (Å²) in [4.78, 5) is 12.0. The van der Waals surface area contributed by atoms with E-state index in [2.05, 4.69) is 15.0 Å². The van der Waals surface area contributed by atoms with Gasteiger partial charge in [-0.3, -0.25) is 4.99 Å². The average molecular weight is 157 g/mol. The van der Waals surface area contributed by atoms with Crippen LogP contribution in [0.25, 0.3) is 12.2 Å². The molecule has 12 heavy (non-hydrogen) atoms. The van der Waals surface area contributed by atoms with Gasteiger partial charge in [-0.1, -0.05) is 0 Å². The highest BCUT2D eigenvalue weighted by atomic mass is 14.8. The minimum absolute atomic E-state index is 0.901. The molecule has 2 heterocycles. The molecule has 0 N–H and O–H groups in total. The third-order valence-electron chi connectivity index (χ3n) is 1.54. The predicted octanol–water partition coefficient (Wildman–Crippen LogP) is 1.54. The second kappa shape index (κ2) is 3.09. The third kappa shape index (κ3) is 1.29. The smallest absolute Gasteiger partial charge is 0.116 e. The molecule has 0 aromatic carbocycles. The Balaban J connectivity index is 2.54. The molecule has 1 aromatic heterocycles. The summed E-state index contributed by atoms with van der Waals surface area (Å²) >= 11 is 0. The summed E-state index contributed by atoms with van der Waals surface area (Å²) in [6.07, 6.45) is 12.4. The first kappa shape index (κ1) is 6.91. The van der Waals surface area contributed by atoms with Crippen molar-refractivity contribution in [1.29, 1.82) is 0 Å². The van der Waals surface area contributed by atoms with Crippen molar-refractivity contribution in [3.05, 3.63) is 36.1 Å². The minimum Gasteiger partial charge on any atom is -0.265 e. The van der Waals surface area contributed by atoms with E-state index in [0.29, 0.717) is 0 Å². The zero-order chi connectivity index (χ0) is 8.23. The van der Waals surface area contributed by atoms with E-state index in [1.807, 2.05) is 18.2 Å². The minimum atomic E-state index is 0.901. The Morgan fingerprint density at radius 1 is 1.17 bits per heavy atom. The van der Waals surface area contributed by atoms with Gasteiger partial charge in [0, 0.05) is 24.2 Å². The summed E-state index contributed by atoms with van der Waals surface area (Å²) in [5.41, 5.74) is 1.91. The zero-order valence-corrected chi connectivity index (χ0v) is 6.38. The molecule has 1 aliphatic heterocycles. The third-order valence-corrected chi connectivity index (χ3v) is 1.54. The van der Waals surface area contributed by atoms with Gasteiger partial charge in [0.15, 0.2) is 0 Å². The van der Waals surface area contributed by atoms with Gasteiger partial charge < -0.3 is 0 Å². The lowest BCUT2D eigenvalue weighted by Gasteiger charge is -1.97. The lowest BCUT2D eigenvalue weighted by molar-refractivity contribution is 1.14. The molecule has 1 aliphatic rings. The van der Waals surface area contributed by atoms with Gasteiger partial charge in [0.1, 0.15) is 6.33 Å². The number of rotatable bonds is 0. The van der Waals surface area contributed by atoms with Crippen LogP contribution in [-0.2, 0) is 0 Å². The molecular weight excluding hydrogens is 150 g/mol. The number of fused-ring (bicyclic) bond motifs is 1. The second-order valence-electron chi connectivity index (χ2n) is 2.34. The highest BCUT2D eigenvalue weighted by molar-refractivity contribution is 5.81. The van der Waals surface area contributed by atoms with Gasteiger partial charge in [0.2, 0.25) is 0 Å². The van der Waals surface area contributed by atoms with Crippen molar-refractivity contribution in [2.75, 3.05) is 0 Å². The molecule has 3 heteroatoms. The fourth-order valence-corrected chi connectivity index (χ4v) is 0.977. The van der Waals surface area contributed by atoms with Crippen LogP contribution in [0, 0.1) is 0 Å². The molecule has 0 bridgehead atoms. The Morgan fingerprint density at radius 2 is 2.17 bits per heavy atom. The maximum atomic E-state index is 4.10. The molecule has 0 aliphatic carbocycles. The summed E-state index contributed by atoms with van der Waals surface area (Å²) in [5.74, 6) is 0. The second-order valence-corrected chi connectivity index (χ2v) is 2.34. The molecule has 2 rings (SSSR count). The van der Waals surface area contributed by atoms with Crippen molar-refractivity contribution < 1.29 is 0 Å². The van der Waals surface area contributed by atoms with Crippen LogP contribution in [-0.4, -0.2) is 16.2 Å². The van der Waals surface area contributed by atoms with Crippen LogP contribution in [0.3, 0.4) is 0 Å². The lowest BCUT2D eigenvalue weighted by Crippen LogP contribution is -1.88. The molecule has 58 valence electrons. The van der Waals surface area contributed by atoms with Crippen molar-refractivity contribution in [3.63, 3.8) is 0 Å². The normalized spacial score (nSPS) is 21.7. The Morgan fingerprint density at radius 3 is 3.17 bits per heavy atom. The Bertz CT molecular complexity index is 329. The molecular formula is C9H7N3. The van der Waals surface area contributed by atoms with E-state index in [1.54, 1.807) is 18.6 Å². The van der Waals surface area contributed by atoms with Crippen molar-refractivity contribution in [2.24, 2.45) is 4.99 Å². The van der Waals surface area contributed by atoms with Gasteiger partial charge in [0.05, 0.1) is 5.69 Å². The SMILES string of the molecule is C1=C/c2cncnc2\C=C/N=C\1. The molecule has 0 spiro atoms. The van der Waals surface area contributed by atoms with Crippen molar-refractivity contribution in [3.8, 4) is 0 Å². The summed E-state index contributed by atoms with van der Waals surface area (Å²) in [7, 11) is 0. The summed E-state index contributed by atoms with van der Waals surface area (Å²) in [6, 6.07) is 0. The summed E-state index contributed by atoms with van der Waals surface area (Å²) in [6.45, 7) is 0. The van der Waals surface area contributed by atoms with E-state index in [0.717, 1.165) is 11.3 Å². The fraction of sp³-hybridized carbons (Fsp3) is 0. The van der Waals surface area contributed by atoms with Gasteiger partial charge in [-0.2, -0.15) is 0 Å². The van der Waals surface area contributed by atoms with Crippen molar-refractivity contribution >= 4 is 18.4 Å². The van der Waals surface area contributed by atoms with E-state index in [1.165, 1.54) is 6.33 Å². The van der Waals surface area contributed by atoms with Gasteiger partial charge in [-0.15, -0.1) is 0 Å². The maximum absolute atomic E-state index is 4.10. The average Bonchev–Trinajstić information content (AvgIpc) is 2.06. The molecule has 0 amide bonds. The number of allylic oxidation sites excluding steroid dienone is 1. The highest BCUT2D eigenvalue weighted by Gasteiger charge is 1.96. The van der Waals surface area contributed by atoms with E-state index < -0.39 is 0 Å². The van der Waals surface area contributed by atoms with Crippen LogP contribution in [0.5, 0.6) is 0 Å². The fourth-order valence-electron chi connectivity index (χ4n) is 0.977. The number of aliphatic imine (C=N–C) groups is 1. The summed E-state index contributed by atoms with van der Waals surface area (Å²) < 4.78 is 0. The van der Waals surface area contributed by atoms with Crippen LogP contribution in [0.1, 0.15) is 11.3 Å². The molecule has 0 saturated heterocycles. The lowest BCUT2D eigenvalue weighted by atomic mass is 10.2. The molecule has 0 atom stereocenters. The monoisotopic (exact) mass is 157 g/mol. The van der Waals surface area contributed by atoms with Crippen molar-refractivity contribution in [2.45, 2.75) is 0 Å². The molecule has 0 saturated carbocycles. The van der Waals surface area contributed by atoms with E-state index in [4.69, 9.17) is 0 Å². The Hall–Kier alpha value is -1.77. The molecule has 3 nitrogen and oxygen atoms in total. The van der Waals surface area contributed by atoms with Gasteiger partial charge in [-0.05, 0) is 18.2 Å². The quantitative estimate of drug-likeness (QED) is 0.573. The first-order valence-electron chi connectivity index (χ1n) is 3.63. The van der Waals surface area contributed by atoms with Crippen molar-refractivity contribution in [1.82, 2.24) is 9.97 Å². The topological polar surface area (TPSA) is 38.1 Å². The number of aromatic nitrogens is 2. The van der Waals surface area contributed by atoms with Crippen LogP contribution in [0.4, 0.5) is 0 Å². The van der Waals surface area contributed by atoms with Crippen LogP contribution >= 0.6 is 0 Å². The molecule has 0 fully saturated rings.